The van der Waals surface area contributed by atoms with Crippen molar-refractivity contribution in [3.8, 4) is 0 Å². The number of amides is 3. The number of aromatic nitrogens is 1. The Morgan fingerprint density at radius 1 is 1.04 bits per heavy atom. The largest absolute Gasteiger partial charge is 0.379 e. The van der Waals surface area contributed by atoms with Crippen molar-refractivity contribution < 1.29 is 28.7 Å². The lowest BCUT2D eigenvalue weighted by Crippen LogP contribution is -2.55. The molecule has 2 fully saturated rings. The van der Waals surface area contributed by atoms with Gasteiger partial charge in [-0.15, -0.1) is 11.3 Å². The number of ether oxygens (including phenoxy) is 2. The van der Waals surface area contributed by atoms with Crippen molar-refractivity contribution in [2.45, 2.75) is 135 Å². The molecule has 1 aromatic carbocycles. The second-order valence-corrected chi connectivity index (χ2v) is 17.0. The second kappa shape index (κ2) is 20.1. The molecular formula is C42H65N5O6S. The maximum atomic E-state index is 14.3. The molecule has 1 aromatic heterocycles. The quantitative estimate of drug-likeness (QED) is 0.168. The van der Waals surface area contributed by atoms with E-state index >= 15 is 0 Å². The number of benzene rings is 1. The van der Waals surface area contributed by atoms with E-state index in [-0.39, 0.29) is 60.3 Å². The number of carbonyl (C=O) groups excluding carboxylic acids is 4. The monoisotopic (exact) mass is 767 g/mol. The summed E-state index contributed by atoms with van der Waals surface area (Å²) in [6.45, 7) is 10.5. The third-order valence-corrected chi connectivity index (χ3v) is 13.1. The first kappa shape index (κ1) is 43.5. The number of nitrogens with one attached hydrogen (secondary N) is 1. The van der Waals surface area contributed by atoms with Gasteiger partial charge in [0.1, 0.15) is 5.01 Å². The number of nitrogens with zero attached hydrogens (tertiary/aromatic N) is 3. The molecule has 1 aliphatic heterocycles. The maximum absolute atomic E-state index is 14.3. The first-order chi connectivity index (χ1) is 25.8. The second-order valence-electron chi connectivity index (χ2n) is 16.1. The Morgan fingerprint density at radius 2 is 1.72 bits per heavy atom. The van der Waals surface area contributed by atoms with Crippen LogP contribution in [0.4, 0.5) is 0 Å². The SMILES string of the molecule is CC[C@H](C)[C@@H]([C@@H](CC(=O)N1CCC[C@H]1[C@H](OC)[C@@H](C)C(=O)N[C@@H](Cc1ccccc1)c1nccs1)OC)N(C)C(=O)[C@@H](CC(=O)C1(N)CCCC1)C(C)C. The van der Waals surface area contributed by atoms with Crippen LogP contribution in [-0.4, -0.2) is 95.9 Å². The number of hydrogen-bond donors (Lipinski definition) is 2. The smallest absolute Gasteiger partial charge is 0.226 e. The predicted octanol–water partition coefficient (Wildman–Crippen LogP) is 5.97. The number of methoxy groups -OCH3 is 2. The number of ketones is 1. The number of likely N-dealkylation sites (N-methyl/N-ethyl adjacent to an activating group) is 1. The molecule has 1 saturated carbocycles. The minimum absolute atomic E-state index is 0.0161. The highest BCUT2D eigenvalue weighted by Gasteiger charge is 2.44. The minimum atomic E-state index is -0.848. The number of carbonyl (C=O) groups is 4. The zero-order chi connectivity index (χ0) is 39.6. The molecule has 11 nitrogen and oxygen atoms in total. The Balaban J connectivity index is 1.47. The summed E-state index contributed by atoms with van der Waals surface area (Å²) < 4.78 is 12.1. The molecule has 8 atom stereocenters. The Bertz CT molecular complexity index is 1500. The number of nitrogens with two attached hydrogens (primary N) is 1. The molecule has 12 heteroatoms. The standard InChI is InChI=1S/C42H65N5O6S/c1-9-28(4)37(46(6)41(51)31(27(2)3)25-35(48)42(43)19-13-14-20-42)34(52-7)26-36(49)47-22-15-18-33(47)38(53-8)29(5)39(50)45-32(40-44-21-23-54-40)24-30-16-11-10-12-17-30/h10-12,16-17,21,23,27-29,31-34,37-38H,9,13-15,18-20,22,24-26,43H2,1-8H3,(H,45,50)/t28-,29+,31-,32-,33-,34+,37-,38+/m0/s1. The van der Waals surface area contributed by atoms with Gasteiger partial charge in [0.15, 0.2) is 5.78 Å². The molecule has 0 spiro atoms. The van der Waals surface area contributed by atoms with Gasteiger partial charge in [-0.1, -0.05) is 84.2 Å². The van der Waals surface area contributed by atoms with Gasteiger partial charge in [0.25, 0.3) is 0 Å². The van der Waals surface area contributed by atoms with Gasteiger partial charge in [-0.25, -0.2) is 4.98 Å². The van der Waals surface area contributed by atoms with Gasteiger partial charge in [0.05, 0.1) is 48.2 Å². The summed E-state index contributed by atoms with van der Waals surface area (Å²) in [4.78, 5) is 63.9. The van der Waals surface area contributed by atoms with E-state index in [0.29, 0.717) is 32.2 Å². The highest BCUT2D eigenvalue weighted by atomic mass is 32.1. The molecule has 0 unspecified atom stereocenters. The summed E-state index contributed by atoms with van der Waals surface area (Å²) in [5.74, 6) is -1.54. The molecule has 3 amide bonds. The number of Topliss-reactive ketones (excluding diaryl/α,β-unsaturated/α-hetero) is 1. The lowest BCUT2D eigenvalue weighted by molar-refractivity contribution is -0.149. The number of thiazole rings is 1. The van der Waals surface area contributed by atoms with Crippen LogP contribution in [0.5, 0.6) is 0 Å². The van der Waals surface area contributed by atoms with Crippen molar-refractivity contribution in [1.82, 2.24) is 20.1 Å². The van der Waals surface area contributed by atoms with Crippen LogP contribution >= 0.6 is 11.3 Å². The van der Waals surface area contributed by atoms with Crippen LogP contribution in [0.1, 0.15) is 109 Å². The first-order valence-corrected chi connectivity index (χ1v) is 20.8. The number of hydrogen-bond acceptors (Lipinski definition) is 9. The zero-order valence-electron chi connectivity index (χ0n) is 33.8. The highest BCUT2D eigenvalue weighted by molar-refractivity contribution is 7.09. The van der Waals surface area contributed by atoms with Crippen molar-refractivity contribution in [3.05, 3.63) is 52.5 Å². The zero-order valence-corrected chi connectivity index (χ0v) is 34.6. The Kier molecular flexibility index (Phi) is 16.2. The van der Waals surface area contributed by atoms with E-state index in [4.69, 9.17) is 15.2 Å². The van der Waals surface area contributed by atoms with Gasteiger partial charge < -0.3 is 30.3 Å². The Morgan fingerprint density at radius 3 is 2.30 bits per heavy atom. The number of rotatable bonds is 20. The summed E-state index contributed by atoms with van der Waals surface area (Å²) >= 11 is 1.51. The van der Waals surface area contributed by atoms with Crippen molar-refractivity contribution in [1.29, 1.82) is 0 Å². The topological polar surface area (TPSA) is 144 Å². The summed E-state index contributed by atoms with van der Waals surface area (Å²) in [6.07, 6.45) is 6.86. The van der Waals surface area contributed by atoms with Gasteiger partial charge >= 0.3 is 0 Å². The predicted molar refractivity (Wildman–Crippen MR) is 213 cm³/mol. The fourth-order valence-electron chi connectivity index (χ4n) is 8.62. The van der Waals surface area contributed by atoms with Crippen LogP contribution in [0.15, 0.2) is 41.9 Å². The van der Waals surface area contributed by atoms with Crippen LogP contribution in [0, 0.1) is 23.7 Å². The average Bonchev–Trinajstić information content (AvgIpc) is 3.97. The van der Waals surface area contributed by atoms with Gasteiger partial charge in [-0.3, -0.25) is 19.2 Å². The van der Waals surface area contributed by atoms with E-state index in [2.05, 4.69) is 24.1 Å². The van der Waals surface area contributed by atoms with Crippen molar-refractivity contribution in [2.75, 3.05) is 27.8 Å². The fourth-order valence-corrected chi connectivity index (χ4v) is 9.31. The van der Waals surface area contributed by atoms with E-state index in [1.54, 1.807) is 32.4 Å². The lowest BCUT2D eigenvalue weighted by atomic mass is 9.81. The van der Waals surface area contributed by atoms with Crippen molar-refractivity contribution in [2.24, 2.45) is 29.4 Å². The van der Waals surface area contributed by atoms with Crippen LogP contribution < -0.4 is 11.1 Å². The summed E-state index contributed by atoms with van der Waals surface area (Å²) in [5, 5.41) is 5.98. The fraction of sp³-hybridized carbons (Fsp3) is 0.690. The summed E-state index contributed by atoms with van der Waals surface area (Å²) in [7, 11) is 4.97. The van der Waals surface area contributed by atoms with Crippen molar-refractivity contribution >= 4 is 34.8 Å². The van der Waals surface area contributed by atoms with Crippen LogP contribution in [-0.2, 0) is 35.1 Å². The molecule has 1 aliphatic carbocycles. The Labute approximate surface area is 327 Å². The molecule has 1 saturated heterocycles. The number of likely N-dealkylation sites (tertiary alicyclic amines) is 1. The normalized spacial score (nSPS) is 20.9. The first-order valence-electron chi connectivity index (χ1n) is 19.9. The third-order valence-electron chi connectivity index (χ3n) is 12.2. The molecule has 0 radical (unpaired) electrons. The molecule has 3 N–H and O–H groups in total. The molecular weight excluding hydrogens is 703 g/mol. The minimum Gasteiger partial charge on any atom is -0.379 e. The molecule has 300 valence electrons. The maximum Gasteiger partial charge on any atom is 0.226 e. The Hall–Kier alpha value is -3.19. The van der Waals surface area contributed by atoms with Crippen LogP contribution in [0.3, 0.4) is 0 Å². The average molecular weight is 768 g/mol. The van der Waals surface area contributed by atoms with E-state index in [9.17, 15) is 19.2 Å². The highest BCUT2D eigenvalue weighted by Crippen LogP contribution is 2.34. The van der Waals surface area contributed by atoms with Crippen molar-refractivity contribution in [3.63, 3.8) is 0 Å². The van der Waals surface area contributed by atoms with E-state index < -0.39 is 35.6 Å². The lowest BCUT2D eigenvalue weighted by Gasteiger charge is -2.41. The van der Waals surface area contributed by atoms with Crippen LogP contribution in [0.25, 0.3) is 0 Å². The van der Waals surface area contributed by atoms with Crippen LogP contribution in [0.2, 0.25) is 0 Å². The van der Waals surface area contributed by atoms with Gasteiger partial charge in [-0.05, 0) is 49.5 Å². The molecule has 2 heterocycles. The van der Waals surface area contributed by atoms with Gasteiger partial charge in [0.2, 0.25) is 17.7 Å². The molecule has 4 rings (SSSR count). The van der Waals surface area contributed by atoms with Gasteiger partial charge in [-0.2, -0.15) is 0 Å². The summed E-state index contributed by atoms with van der Waals surface area (Å²) in [5.41, 5.74) is 6.77. The summed E-state index contributed by atoms with van der Waals surface area (Å²) in [6, 6.07) is 9.02. The molecule has 2 aliphatic rings. The molecule has 54 heavy (non-hydrogen) atoms. The molecule has 0 bridgehead atoms. The van der Waals surface area contributed by atoms with E-state index in [1.165, 1.54) is 11.3 Å². The van der Waals surface area contributed by atoms with Gasteiger partial charge in [0, 0.05) is 51.7 Å². The molecule has 2 aromatic rings. The third kappa shape index (κ3) is 10.6. The van der Waals surface area contributed by atoms with E-state index in [1.807, 2.05) is 61.4 Å². The van der Waals surface area contributed by atoms with E-state index in [0.717, 1.165) is 36.3 Å².